The van der Waals surface area contributed by atoms with E-state index < -0.39 is 11.4 Å². The van der Waals surface area contributed by atoms with Crippen LogP contribution in [-0.2, 0) is 13.5 Å². The van der Waals surface area contributed by atoms with Gasteiger partial charge in [-0.05, 0) is 24.1 Å². The van der Waals surface area contributed by atoms with E-state index in [0.717, 1.165) is 10.9 Å². The molecule has 0 aliphatic rings. The molecule has 1 aromatic heterocycles. The summed E-state index contributed by atoms with van der Waals surface area (Å²) in [5.41, 5.74) is 1.13. The second-order valence-corrected chi connectivity index (χ2v) is 5.78. The number of pyridine rings is 1. The molecule has 0 atom stereocenters. The van der Waals surface area contributed by atoms with E-state index in [1.807, 2.05) is 19.1 Å². The molecule has 4 nitrogen and oxygen atoms in total. The van der Waals surface area contributed by atoms with E-state index in [1.165, 1.54) is 0 Å². The Balaban J connectivity index is 0.00000242. The van der Waals surface area contributed by atoms with Crippen LogP contribution < -0.4 is 5.43 Å². The topological polar surface area (TPSA) is 59.3 Å². The SMILES string of the molecule is CCCc1c(C(=O)O)c(=O)c(-c2ccc(Br)cc2)cn1C.[NaH]. The monoisotopic (exact) mass is 373 g/mol. The number of hydrogen-bond acceptors (Lipinski definition) is 2. The fraction of sp³-hybridized carbons (Fsp3) is 0.250. The minimum absolute atomic E-state index is 0. The van der Waals surface area contributed by atoms with Crippen molar-refractivity contribution in [2.24, 2.45) is 7.05 Å². The molecule has 2 rings (SSSR count). The van der Waals surface area contributed by atoms with Crippen LogP contribution >= 0.6 is 15.9 Å². The number of halogens is 1. The number of aromatic carboxylic acids is 1. The summed E-state index contributed by atoms with van der Waals surface area (Å²) < 4.78 is 2.65. The molecule has 0 spiro atoms. The summed E-state index contributed by atoms with van der Waals surface area (Å²) >= 11 is 3.34. The number of nitrogens with zero attached hydrogens (tertiary/aromatic N) is 1. The van der Waals surface area contributed by atoms with Gasteiger partial charge in [-0.3, -0.25) is 4.79 Å². The van der Waals surface area contributed by atoms with Crippen molar-refractivity contribution < 1.29 is 9.90 Å². The van der Waals surface area contributed by atoms with Gasteiger partial charge in [0.15, 0.2) is 0 Å². The molecule has 2 aromatic rings. The van der Waals surface area contributed by atoms with Crippen LogP contribution in [0.5, 0.6) is 0 Å². The molecule has 0 bridgehead atoms. The standard InChI is InChI=1S/C16H16BrNO3.Na.H/c1-3-4-13-14(16(20)21)15(19)12(9-18(13)2)10-5-7-11(17)8-6-10;;/h5-9H,3-4H2,1-2H3,(H,20,21);;. The summed E-state index contributed by atoms with van der Waals surface area (Å²) in [5, 5.41) is 9.39. The first kappa shape index (κ1) is 19.2. The molecule has 0 aliphatic heterocycles. The summed E-state index contributed by atoms with van der Waals surface area (Å²) in [5.74, 6) is -1.17. The third-order valence-electron chi connectivity index (χ3n) is 3.36. The van der Waals surface area contributed by atoms with Crippen molar-refractivity contribution in [2.45, 2.75) is 19.8 Å². The van der Waals surface area contributed by atoms with Gasteiger partial charge < -0.3 is 9.67 Å². The minimum atomic E-state index is -1.17. The zero-order chi connectivity index (χ0) is 15.6. The van der Waals surface area contributed by atoms with E-state index in [9.17, 15) is 14.7 Å². The van der Waals surface area contributed by atoms with Crippen molar-refractivity contribution in [2.75, 3.05) is 0 Å². The molecule has 0 saturated heterocycles. The summed E-state index contributed by atoms with van der Waals surface area (Å²) in [7, 11) is 1.78. The molecule has 0 aliphatic carbocycles. The second-order valence-electron chi connectivity index (χ2n) is 4.87. The van der Waals surface area contributed by atoms with E-state index in [2.05, 4.69) is 15.9 Å². The molecule has 0 unspecified atom stereocenters. The van der Waals surface area contributed by atoms with Crippen LogP contribution in [0.15, 0.2) is 39.7 Å². The second kappa shape index (κ2) is 8.11. The van der Waals surface area contributed by atoms with Gasteiger partial charge >= 0.3 is 35.5 Å². The van der Waals surface area contributed by atoms with Crippen molar-refractivity contribution >= 4 is 51.5 Å². The summed E-state index contributed by atoms with van der Waals surface area (Å²) in [6.07, 6.45) is 3.06. The molecule has 0 fully saturated rings. The van der Waals surface area contributed by atoms with Crippen LogP contribution in [0.4, 0.5) is 0 Å². The summed E-state index contributed by atoms with van der Waals surface area (Å²) in [4.78, 5) is 24.0. The van der Waals surface area contributed by atoms with Crippen LogP contribution in [-0.4, -0.2) is 45.2 Å². The van der Waals surface area contributed by atoms with Crippen molar-refractivity contribution in [3.05, 3.63) is 56.4 Å². The van der Waals surface area contributed by atoms with Crippen molar-refractivity contribution in [1.82, 2.24) is 4.57 Å². The molecule has 1 N–H and O–H groups in total. The average Bonchev–Trinajstić information content (AvgIpc) is 2.43. The number of hydrogen-bond donors (Lipinski definition) is 1. The van der Waals surface area contributed by atoms with E-state index in [4.69, 9.17) is 0 Å². The molecular weight excluding hydrogens is 357 g/mol. The van der Waals surface area contributed by atoms with Gasteiger partial charge in [0.1, 0.15) is 5.56 Å². The van der Waals surface area contributed by atoms with Gasteiger partial charge in [0, 0.05) is 29.0 Å². The van der Waals surface area contributed by atoms with E-state index in [1.54, 1.807) is 29.9 Å². The first-order valence-electron chi connectivity index (χ1n) is 6.67. The third kappa shape index (κ3) is 3.90. The maximum absolute atomic E-state index is 12.5. The van der Waals surface area contributed by atoms with Gasteiger partial charge in [0.25, 0.3) is 0 Å². The number of carbonyl (C=O) groups is 1. The van der Waals surface area contributed by atoms with Crippen molar-refractivity contribution in [3.63, 3.8) is 0 Å². The van der Waals surface area contributed by atoms with Crippen LogP contribution in [0.1, 0.15) is 29.4 Å². The molecule has 0 radical (unpaired) electrons. The molecule has 22 heavy (non-hydrogen) atoms. The Morgan fingerprint density at radius 3 is 2.36 bits per heavy atom. The normalized spacial score (nSPS) is 10.1. The zero-order valence-corrected chi connectivity index (χ0v) is 13.5. The van der Waals surface area contributed by atoms with E-state index in [0.29, 0.717) is 23.2 Å². The van der Waals surface area contributed by atoms with Crippen LogP contribution in [0.2, 0.25) is 0 Å². The van der Waals surface area contributed by atoms with Gasteiger partial charge in [0.2, 0.25) is 5.43 Å². The summed E-state index contributed by atoms with van der Waals surface area (Å²) in [6, 6.07) is 7.25. The van der Waals surface area contributed by atoms with E-state index >= 15 is 0 Å². The van der Waals surface area contributed by atoms with Gasteiger partial charge in [-0.1, -0.05) is 41.4 Å². The number of carboxylic acid groups (broad SMARTS) is 1. The van der Waals surface area contributed by atoms with E-state index in [-0.39, 0.29) is 35.1 Å². The Labute approximate surface area is 159 Å². The fourth-order valence-corrected chi connectivity index (χ4v) is 2.63. The molecular formula is C16H17BrNNaO3. The number of rotatable bonds is 4. The third-order valence-corrected chi connectivity index (χ3v) is 3.89. The number of carboxylic acids is 1. The first-order valence-corrected chi connectivity index (χ1v) is 7.46. The van der Waals surface area contributed by atoms with Crippen molar-refractivity contribution in [1.29, 1.82) is 0 Å². The molecule has 0 saturated carbocycles. The Morgan fingerprint density at radius 1 is 1.27 bits per heavy atom. The van der Waals surface area contributed by atoms with Crippen molar-refractivity contribution in [3.8, 4) is 11.1 Å². The quantitative estimate of drug-likeness (QED) is 0.838. The predicted octanol–water partition coefficient (Wildman–Crippen LogP) is 2.82. The molecule has 1 aromatic carbocycles. The molecule has 1 heterocycles. The van der Waals surface area contributed by atoms with Gasteiger partial charge in [-0.2, -0.15) is 0 Å². The maximum atomic E-state index is 12.5. The molecule has 112 valence electrons. The number of aryl methyl sites for hydroxylation is 1. The first-order chi connectivity index (χ1) is 9.95. The van der Waals surface area contributed by atoms with Gasteiger partial charge in [0.05, 0.1) is 0 Å². The molecule has 6 heteroatoms. The Morgan fingerprint density at radius 2 is 1.86 bits per heavy atom. The Kier molecular flexibility index (Phi) is 7.06. The molecule has 0 amide bonds. The fourth-order valence-electron chi connectivity index (χ4n) is 2.37. The zero-order valence-electron chi connectivity index (χ0n) is 11.9. The number of aromatic nitrogens is 1. The Bertz CT molecular complexity index is 738. The van der Waals surface area contributed by atoms with Crippen LogP contribution in [0.3, 0.4) is 0 Å². The summed E-state index contributed by atoms with van der Waals surface area (Å²) in [6.45, 7) is 1.96. The average molecular weight is 374 g/mol. The van der Waals surface area contributed by atoms with Crippen LogP contribution in [0.25, 0.3) is 11.1 Å². The number of benzene rings is 1. The van der Waals surface area contributed by atoms with Crippen LogP contribution in [0, 0.1) is 0 Å². The Hall–Kier alpha value is -0.880. The van der Waals surface area contributed by atoms with Gasteiger partial charge in [-0.15, -0.1) is 0 Å². The predicted molar refractivity (Wildman–Crippen MR) is 92.9 cm³/mol. The van der Waals surface area contributed by atoms with Gasteiger partial charge in [-0.25, -0.2) is 4.79 Å².